The fourth-order valence-corrected chi connectivity index (χ4v) is 8.09. The van der Waals surface area contributed by atoms with Crippen molar-refractivity contribution in [3.63, 3.8) is 0 Å². The van der Waals surface area contributed by atoms with Gasteiger partial charge in [-0.15, -0.1) is 0 Å². The van der Waals surface area contributed by atoms with Crippen LogP contribution in [-0.4, -0.2) is 27.2 Å². The third kappa shape index (κ3) is 3.22. The molecular formula is C25H29NO3S. The predicted molar refractivity (Wildman–Crippen MR) is 117 cm³/mol. The van der Waals surface area contributed by atoms with Crippen LogP contribution >= 0.6 is 0 Å². The zero-order valence-corrected chi connectivity index (χ0v) is 18.1. The van der Waals surface area contributed by atoms with Gasteiger partial charge < -0.3 is 4.74 Å². The van der Waals surface area contributed by atoms with Gasteiger partial charge in [-0.25, -0.2) is 13.1 Å². The highest BCUT2D eigenvalue weighted by Gasteiger charge is 2.51. The molecule has 0 atom stereocenters. The largest absolute Gasteiger partial charge is 0.374 e. The number of sulfonamides is 1. The van der Waals surface area contributed by atoms with E-state index in [1.165, 1.54) is 49.7 Å². The van der Waals surface area contributed by atoms with Gasteiger partial charge in [0.1, 0.15) is 0 Å². The first kappa shape index (κ1) is 19.0. The van der Waals surface area contributed by atoms with Crippen LogP contribution in [0.15, 0.2) is 47.4 Å². The zero-order valence-electron chi connectivity index (χ0n) is 17.3. The van der Waals surface area contributed by atoms with E-state index in [1.807, 2.05) is 24.3 Å². The summed E-state index contributed by atoms with van der Waals surface area (Å²) in [5.74, 6) is 2.51. The molecule has 0 amide bonds. The molecule has 0 unspecified atom stereocenters. The maximum atomic E-state index is 12.9. The van der Waals surface area contributed by atoms with Crippen LogP contribution in [0.1, 0.15) is 49.7 Å². The molecule has 5 aliphatic rings. The Bertz CT molecular complexity index is 1060. The number of nitrogens with one attached hydrogen (secondary N) is 1. The Labute approximate surface area is 179 Å². The van der Waals surface area contributed by atoms with E-state index in [0.29, 0.717) is 18.0 Å². The minimum absolute atomic E-state index is 0.0273. The Hall–Kier alpha value is -1.69. The Morgan fingerprint density at radius 2 is 1.57 bits per heavy atom. The summed E-state index contributed by atoms with van der Waals surface area (Å²) < 4.78 is 34.9. The second-order valence-electron chi connectivity index (χ2n) is 10.00. The van der Waals surface area contributed by atoms with Crippen LogP contribution in [0.2, 0.25) is 0 Å². The van der Waals surface area contributed by atoms with E-state index in [-0.39, 0.29) is 5.60 Å². The average Bonchev–Trinajstić information content (AvgIpc) is 3.08. The van der Waals surface area contributed by atoms with E-state index >= 15 is 0 Å². The summed E-state index contributed by atoms with van der Waals surface area (Å²) in [5, 5.41) is 0. The highest BCUT2D eigenvalue weighted by Crippen LogP contribution is 2.57. The number of ether oxygens (including phenoxy) is 1. The Morgan fingerprint density at radius 3 is 2.30 bits per heavy atom. The molecule has 0 aliphatic heterocycles. The van der Waals surface area contributed by atoms with Gasteiger partial charge >= 0.3 is 0 Å². The second kappa shape index (κ2) is 6.91. The van der Waals surface area contributed by atoms with Gasteiger partial charge in [-0.2, -0.15) is 0 Å². The van der Waals surface area contributed by atoms with Gasteiger partial charge in [0, 0.05) is 6.54 Å². The van der Waals surface area contributed by atoms with Crippen LogP contribution in [0, 0.1) is 17.8 Å². The molecule has 158 valence electrons. The topological polar surface area (TPSA) is 55.4 Å². The van der Waals surface area contributed by atoms with Crippen LogP contribution in [0.5, 0.6) is 0 Å². The molecule has 2 aromatic rings. The van der Waals surface area contributed by atoms with Crippen molar-refractivity contribution in [1.29, 1.82) is 0 Å². The van der Waals surface area contributed by atoms with E-state index in [9.17, 15) is 8.42 Å². The van der Waals surface area contributed by atoms with Gasteiger partial charge in [0.05, 0.1) is 17.1 Å². The van der Waals surface area contributed by atoms with Crippen molar-refractivity contribution in [3.05, 3.63) is 53.6 Å². The Kier molecular flexibility index (Phi) is 4.38. The number of hydrogen-bond acceptors (Lipinski definition) is 3. The second-order valence-corrected chi connectivity index (χ2v) is 11.8. The fourth-order valence-electron chi connectivity index (χ4n) is 7.02. The maximum Gasteiger partial charge on any atom is 0.240 e. The molecule has 0 radical (unpaired) electrons. The minimum Gasteiger partial charge on any atom is -0.374 e. The van der Waals surface area contributed by atoms with Crippen LogP contribution in [0.3, 0.4) is 0 Å². The quantitative estimate of drug-likeness (QED) is 0.593. The number of hydrogen-bond donors (Lipinski definition) is 1. The summed E-state index contributed by atoms with van der Waals surface area (Å²) >= 11 is 0. The third-order valence-corrected chi connectivity index (χ3v) is 9.32. The van der Waals surface area contributed by atoms with E-state index < -0.39 is 10.0 Å². The van der Waals surface area contributed by atoms with Gasteiger partial charge in [-0.05, 0) is 97.1 Å². The lowest BCUT2D eigenvalue weighted by atomic mass is 9.54. The van der Waals surface area contributed by atoms with E-state index in [0.717, 1.165) is 35.3 Å². The summed E-state index contributed by atoms with van der Waals surface area (Å²) in [6.45, 7) is 0.795. The van der Waals surface area contributed by atoms with Crippen molar-refractivity contribution in [2.24, 2.45) is 17.8 Å². The summed E-state index contributed by atoms with van der Waals surface area (Å²) in [6, 6.07) is 13.8. The van der Waals surface area contributed by atoms with E-state index in [2.05, 4.69) is 16.9 Å². The highest BCUT2D eigenvalue weighted by molar-refractivity contribution is 7.89. The average molecular weight is 424 g/mol. The van der Waals surface area contributed by atoms with E-state index in [1.54, 1.807) is 6.07 Å². The van der Waals surface area contributed by atoms with Crippen molar-refractivity contribution in [2.45, 2.75) is 55.4 Å². The standard InChI is InChI=1S/C25H29NO3S/c27-30(28,22-5-6-24-21(13-22)12-20-3-1-2-4-23(20)24)26-7-8-29-25-14-17-9-18(15-25)11-19(10-17)16-25/h1-6,13,17-19,26H,7-12,14-16H2. The minimum atomic E-state index is -3.53. The van der Waals surface area contributed by atoms with Crippen LogP contribution in [-0.2, 0) is 21.2 Å². The smallest absolute Gasteiger partial charge is 0.240 e. The number of rotatable bonds is 6. The normalized spacial score (nSPS) is 31.0. The Balaban J connectivity index is 1.10. The Morgan fingerprint density at radius 1 is 0.900 bits per heavy atom. The molecule has 0 aromatic heterocycles. The summed E-state index contributed by atoms with van der Waals surface area (Å²) in [5.41, 5.74) is 4.74. The van der Waals surface area contributed by atoms with Gasteiger partial charge in [0.25, 0.3) is 0 Å². The first-order valence-electron chi connectivity index (χ1n) is 11.3. The fraction of sp³-hybridized carbons (Fsp3) is 0.520. The molecule has 0 saturated heterocycles. The molecular weight excluding hydrogens is 394 g/mol. The number of fused-ring (bicyclic) bond motifs is 3. The van der Waals surface area contributed by atoms with Crippen molar-refractivity contribution < 1.29 is 13.2 Å². The maximum absolute atomic E-state index is 12.9. The lowest BCUT2D eigenvalue weighted by molar-refractivity contribution is -0.160. The van der Waals surface area contributed by atoms with Crippen molar-refractivity contribution in [1.82, 2.24) is 4.72 Å². The molecule has 7 rings (SSSR count). The molecule has 0 spiro atoms. The summed E-state index contributed by atoms with van der Waals surface area (Å²) in [6.07, 6.45) is 8.49. The van der Waals surface area contributed by atoms with Crippen LogP contribution in [0.4, 0.5) is 0 Å². The molecule has 5 heteroatoms. The lowest BCUT2D eigenvalue weighted by Gasteiger charge is -2.56. The van der Waals surface area contributed by atoms with Gasteiger partial charge in [0.15, 0.2) is 0 Å². The molecule has 2 aromatic carbocycles. The first-order valence-corrected chi connectivity index (χ1v) is 12.8. The predicted octanol–water partition coefficient (Wildman–Crippen LogP) is 4.52. The molecule has 0 heterocycles. The molecule has 30 heavy (non-hydrogen) atoms. The summed E-state index contributed by atoms with van der Waals surface area (Å²) in [4.78, 5) is 0.351. The lowest BCUT2D eigenvalue weighted by Crippen LogP contribution is -2.52. The molecule has 1 N–H and O–H groups in total. The van der Waals surface area contributed by atoms with Crippen molar-refractivity contribution in [2.75, 3.05) is 13.2 Å². The first-order chi connectivity index (χ1) is 14.5. The highest BCUT2D eigenvalue weighted by atomic mass is 32.2. The van der Waals surface area contributed by atoms with E-state index in [4.69, 9.17) is 4.74 Å². The molecule has 5 aliphatic carbocycles. The monoisotopic (exact) mass is 423 g/mol. The third-order valence-electron chi connectivity index (χ3n) is 7.86. The summed E-state index contributed by atoms with van der Waals surface area (Å²) in [7, 11) is -3.53. The van der Waals surface area contributed by atoms with Gasteiger partial charge in [0.2, 0.25) is 10.0 Å². The van der Waals surface area contributed by atoms with Crippen molar-refractivity contribution in [3.8, 4) is 11.1 Å². The molecule has 4 nitrogen and oxygen atoms in total. The number of benzene rings is 2. The molecule has 4 bridgehead atoms. The zero-order chi connectivity index (χ0) is 20.3. The van der Waals surface area contributed by atoms with Crippen LogP contribution in [0.25, 0.3) is 11.1 Å². The van der Waals surface area contributed by atoms with Crippen molar-refractivity contribution >= 4 is 10.0 Å². The molecule has 4 saturated carbocycles. The van der Waals surface area contributed by atoms with Gasteiger partial charge in [-0.1, -0.05) is 30.3 Å². The van der Waals surface area contributed by atoms with Crippen LogP contribution < -0.4 is 4.72 Å². The SMILES string of the molecule is O=S(=O)(NCCOC12CC3CC(CC(C3)C1)C2)c1ccc2c(c1)Cc1ccccc1-2. The molecule has 4 fully saturated rings. The van der Waals surface area contributed by atoms with Gasteiger partial charge in [-0.3, -0.25) is 0 Å².